The van der Waals surface area contributed by atoms with E-state index in [4.69, 9.17) is 11.6 Å². The molecule has 1 heterocycles. The Kier molecular flexibility index (Phi) is 5.98. The lowest BCUT2D eigenvalue weighted by molar-refractivity contribution is 0.0619. The van der Waals surface area contributed by atoms with Gasteiger partial charge in [0.25, 0.3) is 0 Å². The zero-order valence-corrected chi connectivity index (χ0v) is 12.6. The summed E-state index contributed by atoms with van der Waals surface area (Å²) in [6.07, 6.45) is 0.843. The van der Waals surface area contributed by atoms with Crippen LogP contribution in [-0.2, 0) is 5.75 Å². The van der Waals surface area contributed by atoms with E-state index in [1.807, 2.05) is 30.0 Å². The predicted octanol–water partition coefficient (Wildman–Crippen LogP) is 1.89. The fourth-order valence-corrected chi connectivity index (χ4v) is 3.22. The standard InChI is InChI=1S/C14H21ClN2OS/c15-13-3-1-2-12(8-13)9-19-7-6-17-11-14(18)4-5-16-10-14/h1-3,8,16-18H,4-7,9-11H2/t14-/m0/s1. The summed E-state index contributed by atoms with van der Waals surface area (Å²) in [6, 6.07) is 7.99. The minimum Gasteiger partial charge on any atom is -0.387 e. The first kappa shape index (κ1) is 15.1. The average Bonchev–Trinajstić information content (AvgIpc) is 2.81. The van der Waals surface area contributed by atoms with Gasteiger partial charge in [0, 0.05) is 36.2 Å². The summed E-state index contributed by atoms with van der Waals surface area (Å²) in [4.78, 5) is 0. The number of thioether (sulfide) groups is 1. The topological polar surface area (TPSA) is 44.3 Å². The first-order chi connectivity index (χ1) is 9.18. The molecular weight excluding hydrogens is 280 g/mol. The number of halogens is 1. The van der Waals surface area contributed by atoms with Gasteiger partial charge >= 0.3 is 0 Å². The highest BCUT2D eigenvalue weighted by Gasteiger charge is 2.29. The van der Waals surface area contributed by atoms with Gasteiger partial charge in [0.2, 0.25) is 0 Å². The highest BCUT2D eigenvalue weighted by molar-refractivity contribution is 7.98. The van der Waals surface area contributed by atoms with Crippen LogP contribution < -0.4 is 10.6 Å². The van der Waals surface area contributed by atoms with Crippen LogP contribution in [0, 0.1) is 0 Å². The van der Waals surface area contributed by atoms with E-state index in [1.54, 1.807) is 0 Å². The number of rotatable bonds is 7. The minimum atomic E-state index is -0.544. The first-order valence-electron chi connectivity index (χ1n) is 6.64. The van der Waals surface area contributed by atoms with Crippen molar-refractivity contribution in [1.82, 2.24) is 10.6 Å². The number of benzene rings is 1. The molecule has 0 aliphatic carbocycles. The zero-order chi connectivity index (χ0) is 13.6. The molecule has 0 amide bonds. The molecule has 0 saturated carbocycles. The van der Waals surface area contributed by atoms with Gasteiger partial charge in [-0.1, -0.05) is 23.7 Å². The summed E-state index contributed by atoms with van der Waals surface area (Å²) in [7, 11) is 0. The molecule has 3 nitrogen and oxygen atoms in total. The number of aliphatic hydroxyl groups is 1. The van der Waals surface area contributed by atoms with E-state index in [2.05, 4.69) is 16.7 Å². The van der Waals surface area contributed by atoms with Crippen LogP contribution in [-0.4, -0.2) is 42.6 Å². The monoisotopic (exact) mass is 300 g/mol. The third-order valence-corrected chi connectivity index (χ3v) is 4.52. The average molecular weight is 301 g/mol. The largest absolute Gasteiger partial charge is 0.387 e. The molecule has 0 unspecified atom stereocenters. The van der Waals surface area contributed by atoms with Gasteiger partial charge in [-0.05, 0) is 30.7 Å². The van der Waals surface area contributed by atoms with Crippen molar-refractivity contribution in [3.8, 4) is 0 Å². The van der Waals surface area contributed by atoms with Crippen LogP contribution in [0.15, 0.2) is 24.3 Å². The Hall–Kier alpha value is -0.260. The van der Waals surface area contributed by atoms with E-state index < -0.39 is 5.60 Å². The maximum atomic E-state index is 10.1. The SMILES string of the molecule is O[C@@]1(CNCCSCc2cccc(Cl)c2)CCNC1. The number of hydrogen-bond donors (Lipinski definition) is 3. The smallest absolute Gasteiger partial charge is 0.0907 e. The lowest BCUT2D eigenvalue weighted by Crippen LogP contribution is -2.42. The second-order valence-corrected chi connectivity index (χ2v) is 6.55. The number of β-amino-alcohol motifs (C(OH)–C–C–N with tert-alkyl or cyclic N) is 1. The molecule has 1 aliphatic heterocycles. The third kappa shape index (κ3) is 5.32. The Morgan fingerprint density at radius 3 is 3.11 bits per heavy atom. The van der Waals surface area contributed by atoms with Crippen LogP contribution in [0.5, 0.6) is 0 Å². The van der Waals surface area contributed by atoms with Crippen LogP contribution in [0.25, 0.3) is 0 Å². The highest BCUT2D eigenvalue weighted by atomic mass is 35.5. The van der Waals surface area contributed by atoms with Crippen LogP contribution in [0.2, 0.25) is 5.02 Å². The molecular formula is C14H21ClN2OS. The van der Waals surface area contributed by atoms with E-state index >= 15 is 0 Å². The van der Waals surface area contributed by atoms with Crippen LogP contribution in [0.1, 0.15) is 12.0 Å². The van der Waals surface area contributed by atoms with E-state index in [0.717, 1.165) is 36.0 Å². The lowest BCUT2D eigenvalue weighted by Gasteiger charge is -2.21. The molecule has 0 radical (unpaired) electrons. The van der Waals surface area contributed by atoms with Crippen molar-refractivity contribution in [3.63, 3.8) is 0 Å². The number of nitrogens with one attached hydrogen (secondary N) is 2. The van der Waals surface area contributed by atoms with Crippen molar-refractivity contribution in [2.24, 2.45) is 0 Å². The van der Waals surface area contributed by atoms with Crippen LogP contribution in [0.4, 0.5) is 0 Å². The highest BCUT2D eigenvalue weighted by Crippen LogP contribution is 2.16. The van der Waals surface area contributed by atoms with Crippen molar-refractivity contribution in [2.45, 2.75) is 17.8 Å². The van der Waals surface area contributed by atoms with Gasteiger partial charge in [-0.3, -0.25) is 0 Å². The molecule has 1 aromatic carbocycles. The molecule has 0 spiro atoms. The van der Waals surface area contributed by atoms with Crippen LogP contribution >= 0.6 is 23.4 Å². The molecule has 0 aromatic heterocycles. The van der Waals surface area contributed by atoms with E-state index in [1.165, 1.54) is 5.56 Å². The van der Waals surface area contributed by atoms with Crippen molar-refractivity contribution in [3.05, 3.63) is 34.9 Å². The maximum absolute atomic E-state index is 10.1. The van der Waals surface area contributed by atoms with E-state index in [9.17, 15) is 5.11 Å². The fraction of sp³-hybridized carbons (Fsp3) is 0.571. The Bertz CT molecular complexity index is 397. The maximum Gasteiger partial charge on any atom is 0.0907 e. The van der Waals surface area contributed by atoms with Crippen molar-refractivity contribution < 1.29 is 5.11 Å². The molecule has 1 atom stereocenters. The molecule has 1 saturated heterocycles. The predicted molar refractivity (Wildman–Crippen MR) is 82.9 cm³/mol. The number of hydrogen-bond acceptors (Lipinski definition) is 4. The van der Waals surface area contributed by atoms with E-state index in [-0.39, 0.29) is 0 Å². The third-order valence-electron chi connectivity index (χ3n) is 3.26. The molecule has 2 rings (SSSR count). The molecule has 3 N–H and O–H groups in total. The molecule has 19 heavy (non-hydrogen) atoms. The molecule has 106 valence electrons. The Labute approximate surface area is 124 Å². The summed E-state index contributed by atoms with van der Waals surface area (Å²) in [5, 5.41) is 17.4. The van der Waals surface area contributed by atoms with Gasteiger partial charge in [0.15, 0.2) is 0 Å². The first-order valence-corrected chi connectivity index (χ1v) is 8.17. The molecule has 0 bridgehead atoms. The zero-order valence-electron chi connectivity index (χ0n) is 11.0. The molecule has 1 fully saturated rings. The Morgan fingerprint density at radius 2 is 2.37 bits per heavy atom. The molecule has 1 aliphatic rings. The molecule has 5 heteroatoms. The second kappa shape index (κ2) is 7.50. The van der Waals surface area contributed by atoms with Crippen molar-refractivity contribution in [2.75, 3.05) is 31.9 Å². The van der Waals surface area contributed by atoms with Gasteiger partial charge in [0.1, 0.15) is 0 Å². The quantitative estimate of drug-likeness (QED) is 0.673. The Morgan fingerprint density at radius 1 is 1.47 bits per heavy atom. The second-order valence-electron chi connectivity index (χ2n) is 5.01. The van der Waals surface area contributed by atoms with E-state index in [0.29, 0.717) is 13.1 Å². The van der Waals surface area contributed by atoms with Gasteiger partial charge in [-0.25, -0.2) is 0 Å². The summed E-state index contributed by atoms with van der Waals surface area (Å²) >= 11 is 7.82. The summed E-state index contributed by atoms with van der Waals surface area (Å²) < 4.78 is 0. The normalized spacial score (nSPS) is 22.8. The lowest BCUT2D eigenvalue weighted by atomic mass is 10.0. The Balaban J connectivity index is 1.55. The van der Waals surface area contributed by atoms with Gasteiger partial charge < -0.3 is 15.7 Å². The molecule has 1 aromatic rings. The summed E-state index contributed by atoms with van der Waals surface area (Å²) in [6.45, 7) is 3.22. The van der Waals surface area contributed by atoms with Crippen molar-refractivity contribution in [1.29, 1.82) is 0 Å². The van der Waals surface area contributed by atoms with Gasteiger partial charge in [-0.2, -0.15) is 11.8 Å². The summed E-state index contributed by atoms with van der Waals surface area (Å²) in [5.41, 5.74) is 0.716. The summed E-state index contributed by atoms with van der Waals surface area (Å²) in [5.74, 6) is 2.02. The van der Waals surface area contributed by atoms with Crippen molar-refractivity contribution >= 4 is 23.4 Å². The minimum absolute atomic E-state index is 0.544. The fourth-order valence-electron chi connectivity index (χ4n) is 2.16. The van der Waals surface area contributed by atoms with Crippen LogP contribution in [0.3, 0.4) is 0 Å². The van der Waals surface area contributed by atoms with Gasteiger partial charge in [0.05, 0.1) is 5.60 Å². The van der Waals surface area contributed by atoms with Gasteiger partial charge in [-0.15, -0.1) is 0 Å².